The van der Waals surface area contributed by atoms with Crippen LogP contribution in [0.2, 0.25) is 0 Å². The normalized spacial score (nSPS) is 10.5. The molecule has 0 radical (unpaired) electrons. The highest BCUT2D eigenvalue weighted by Crippen LogP contribution is 2.13. The van der Waals surface area contributed by atoms with Crippen molar-refractivity contribution in [3.05, 3.63) is 81.5 Å². The lowest BCUT2D eigenvalue weighted by molar-refractivity contribution is 0.0949. The van der Waals surface area contributed by atoms with Crippen LogP contribution in [0.25, 0.3) is 11.4 Å². The molecular weight excluding hydrogens is 316 g/mol. The number of aryl methyl sites for hydroxylation is 1. The minimum Gasteiger partial charge on any atom is -0.348 e. The Balaban J connectivity index is 1.77. The second-order valence-corrected chi connectivity index (χ2v) is 5.76. The molecule has 2 heterocycles. The van der Waals surface area contributed by atoms with Crippen LogP contribution in [0.5, 0.6) is 0 Å². The second kappa shape index (κ2) is 7.09. The first-order valence-corrected chi connectivity index (χ1v) is 7.89. The number of H-pyrrole nitrogens is 1. The van der Waals surface area contributed by atoms with E-state index < -0.39 is 11.5 Å². The third-order valence-corrected chi connectivity index (χ3v) is 4.14. The average molecular weight is 334 g/mol. The van der Waals surface area contributed by atoms with Crippen molar-refractivity contribution in [2.45, 2.75) is 20.4 Å². The number of carbonyl (C=O) groups excluding carboxylic acids is 1. The first-order chi connectivity index (χ1) is 12.1. The summed E-state index contributed by atoms with van der Waals surface area (Å²) in [6.45, 7) is 4.39. The van der Waals surface area contributed by atoms with Crippen molar-refractivity contribution < 1.29 is 4.79 Å². The van der Waals surface area contributed by atoms with Crippen molar-refractivity contribution in [1.29, 1.82) is 0 Å². The first kappa shape index (κ1) is 16.6. The lowest BCUT2D eigenvalue weighted by atomic mass is 10.0. The topological polar surface area (TPSA) is 87.7 Å². The Labute approximate surface area is 145 Å². The van der Waals surface area contributed by atoms with E-state index in [0.717, 1.165) is 16.7 Å². The molecule has 6 nitrogen and oxygen atoms in total. The predicted molar refractivity (Wildman–Crippen MR) is 95.2 cm³/mol. The molecule has 0 unspecified atom stereocenters. The van der Waals surface area contributed by atoms with Crippen LogP contribution in [-0.4, -0.2) is 20.9 Å². The molecule has 3 aromatic rings. The summed E-state index contributed by atoms with van der Waals surface area (Å²) in [4.78, 5) is 35.3. The maximum Gasteiger partial charge on any atom is 0.264 e. The van der Waals surface area contributed by atoms with Gasteiger partial charge in [-0.15, -0.1) is 0 Å². The van der Waals surface area contributed by atoms with Crippen LogP contribution in [0, 0.1) is 13.8 Å². The Morgan fingerprint density at radius 1 is 1.16 bits per heavy atom. The van der Waals surface area contributed by atoms with Gasteiger partial charge in [0.05, 0.1) is 0 Å². The fourth-order valence-electron chi connectivity index (χ4n) is 2.48. The number of nitrogens with one attached hydrogen (secondary N) is 2. The van der Waals surface area contributed by atoms with Crippen molar-refractivity contribution in [3.63, 3.8) is 0 Å². The number of pyridine rings is 1. The number of amides is 1. The number of carbonyl (C=O) groups is 1. The number of aromatic amines is 1. The van der Waals surface area contributed by atoms with Gasteiger partial charge in [0.15, 0.2) is 0 Å². The van der Waals surface area contributed by atoms with Gasteiger partial charge in [-0.3, -0.25) is 14.6 Å². The summed E-state index contributed by atoms with van der Waals surface area (Å²) in [5, 5.41) is 2.77. The van der Waals surface area contributed by atoms with Crippen LogP contribution >= 0.6 is 0 Å². The van der Waals surface area contributed by atoms with E-state index in [1.54, 1.807) is 24.5 Å². The van der Waals surface area contributed by atoms with Crippen molar-refractivity contribution in [2.24, 2.45) is 0 Å². The van der Waals surface area contributed by atoms with Crippen molar-refractivity contribution >= 4 is 5.91 Å². The molecule has 6 heteroatoms. The van der Waals surface area contributed by atoms with E-state index >= 15 is 0 Å². The molecule has 1 amide bonds. The maximum atomic E-state index is 12.3. The Bertz CT molecular complexity index is 965. The smallest absolute Gasteiger partial charge is 0.264 e. The largest absolute Gasteiger partial charge is 0.348 e. The zero-order valence-corrected chi connectivity index (χ0v) is 14.0. The van der Waals surface area contributed by atoms with Gasteiger partial charge in [0.2, 0.25) is 0 Å². The maximum absolute atomic E-state index is 12.3. The quantitative estimate of drug-likeness (QED) is 0.767. The summed E-state index contributed by atoms with van der Waals surface area (Å²) in [7, 11) is 0. The van der Waals surface area contributed by atoms with Gasteiger partial charge in [-0.1, -0.05) is 18.2 Å². The SMILES string of the molecule is Cc1cccc(CNC(=O)c2cnc(-c3cccnc3)[nH]c2=O)c1C. The highest BCUT2D eigenvalue weighted by molar-refractivity contribution is 5.93. The van der Waals surface area contributed by atoms with Crippen LogP contribution in [0.3, 0.4) is 0 Å². The van der Waals surface area contributed by atoms with E-state index in [9.17, 15) is 9.59 Å². The molecule has 0 aliphatic rings. The van der Waals surface area contributed by atoms with Crippen LogP contribution < -0.4 is 10.9 Å². The molecule has 2 aromatic heterocycles. The number of hydrogen-bond donors (Lipinski definition) is 2. The summed E-state index contributed by atoms with van der Waals surface area (Å²) in [6.07, 6.45) is 4.52. The van der Waals surface area contributed by atoms with E-state index in [2.05, 4.69) is 20.3 Å². The van der Waals surface area contributed by atoms with Gasteiger partial charge >= 0.3 is 0 Å². The first-order valence-electron chi connectivity index (χ1n) is 7.89. The Morgan fingerprint density at radius 3 is 2.72 bits per heavy atom. The molecule has 25 heavy (non-hydrogen) atoms. The summed E-state index contributed by atoms with van der Waals surface area (Å²) in [6, 6.07) is 9.45. The average Bonchev–Trinajstić information content (AvgIpc) is 2.63. The van der Waals surface area contributed by atoms with Gasteiger partial charge in [-0.2, -0.15) is 0 Å². The van der Waals surface area contributed by atoms with E-state index in [1.165, 1.54) is 6.20 Å². The molecular formula is C19H18N4O2. The third kappa shape index (κ3) is 3.63. The lowest BCUT2D eigenvalue weighted by Crippen LogP contribution is -2.30. The Kier molecular flexibility index (Phi) is 4.70. The van der Waals surface area contributed by atoms with Gasteiger partial charge in [0, 0.05) is 30.7 Å². The fourth-order valence-corrected chi connectivity index (χ4v) is 2.48. The molecule has 0 fully saturated rings. The molecule has 0 saturated heterocycles. The number of nitrogens with zero attached hydrogens (tertiary/aromatic N) is 2. The standard InChI is InChI=1S/C19H18N4O2/c1-12-5-3-6-14(13(12)2)10-22-18(24)16-11-21-17(23-19(16)25)15-7-4-8-20-9-15/h3-9,11H,10H2,1-2H3,(H,22,24)(H,21,23,25). The molecule has 0 saturated carbocycles. The number of aromatic nitrogens is 3. The molecule has 0 atom stereocenters. The Morgan fingerprint density at radius 2 is 2.00 bits per heavy atom. The van der Waals surface area contributed by atoms with Crippen molar-refractivity contribution in [3.8, 4) is 11.4 Å². The molecule has 0 aliphatic heterocycles. The zero-order chi connectivity index (χ0) is 17.8. The summed E-state index contributed by atoms with van der Waals surface area (Å²) < 4.78 is 0. The third-order valence-electron chi connectivity index (χ3n) is 4.14. The summed E-state index contributed by atoms with van der Waals surface area (Å²) >= 11 is 0. The minimum atomic E-state index is -0.479. The van der Waals surface area contributed by atoms with Crippen LogP contribution in [0.1, 0.15) is 27.0 Å². The molecule has 126 valence electrons. The van der Waals surface area contributed by atoms with Crippen LogP contribution in [0.4, 0.5) is 0 Å². The number of benzene rings is 1. The highest BCUT2D eigenvalue weighted by atomic mass is 16.2. The number of rotatable bonds is 4. The monoisotopic (exact) mass is 334 g/mol. The highest BCUT2D eigenvalue weighted by Gasteiger charge is 2.13. The van der Waals surface area contributed by atoms with E-state index in [1.807, 2.05) is 32.0 Å². The fraction of sp³-hybridized carbons (Fsp3) is 0.158. The Hall–Kier alpha value is -3.28. The molecule has 0 bridgehead atoms. The van der Waals surface area contributed by atoms with Crippen molar-refractivity contribution in [2.75, 3.05) is 0 Å². The number of hydrogen-bond acceptors (Lipinski definition) is 4. The minimum absolute atomic E-state index is 0.0158. The molecule has 1 aromatic carbocycles. The second-order valence-electron chi connectivity index (χ2n) is 5.76. The zero-order valence-electron chi connectivity index (χ0n) is 14.0. The molecule has 0 spiro atoms. The van der Waals surface area contributed by atoms with Crippen LogP contribution in [-0.2, 0) is 6.54 Å². The van der Waals surface area contributed by atoms with Gasteiger partial charge < -0.3 is 10.3 Å². The molecule has 3 rings (SSSR count). The lowest BCUT2D eigenvalue weighted by Gasteiger charge is -2.10. The van der Waals surface area contributed by atoms with Gasteiger partial charge in [-0.25, -0.2) is 4.98 Å². The predicted octanol–water partition coefficient (Wildman–Crippen LogP) is 2.38. The van der Waals surface area contributed by atoms with Gasteiger partial charge in [-0.05, 0) is 42.7 Å². The summed E-state index contributed by atoms with van der Waals surface area (Å²) in [5.74, 6) is -0.0726. The van der Waals surface area contributed by atoms with Crippen LogP contribution in [0.15, 0.2) is 53.7 Å². The van der Waals surface area contributed by atoms with E-state index in [0.29, 0.717) is 17.9 Å². The summed E-state index contributed by atoms with van der Waals surface area (Å²) in [5.41, 5.74) is 3.49. The van der Waals surface area contributed by atoms with E-state index in [-0.39, 0.29) is 5.56 Å². The molecule has 0 aliphatic carbocycles. The van der Waals surface area contributed by atoms with Crippen molar-refractivity contribution in [1.82, 2.24) is 20.3 Å². The van der Waals surface area contributed by atoms with Gasteiger partial charge in [0.1, 0.15) is 11.4 Å². The van der Waals surface area contributed by atoms with E-state index in [4.69, 9.17) is 0 Å². The van der Waals surface area contributed by atoms with Gasteiger partial charge in [0.25, 0.3) is 11.5 Å². The molecule has 2 N–H and O–H groups in total.